The molecule has 0 saturated heterocycles. The largest absolute Gasteiger partial charge is 0.309 e. The predicted molar refractivity (Wildman–Crippen MR) is 198 cm³/mol. The van der Waals surface area contributed by atoms with Crippen LogP contribution in [-0.4, -0.2) is 8.97 Å². The molecule has 47 heavy (non-hydrogen) atoms. The molecule has 0 aliphatic rings. The maximum atomic E-state index is 5.34. The smallest absolute Gasteiger partial charge is 0.145 e. The summed E-state index contributed by atoms with van der Waals surface area (Å²) in [6.07, 6.45) is 0. The van der Waals surface area contributed by atoms with Crippen molar-refractivity contribution in [3.05, 3.63) is 162 Å². The zero-order valence-electron chi connectivity index (χ0n) is 25.9. The van der Waals surface area contributed by atoms with Gasteiger partial charge in [-0.25, -0.2) is 4.99 Å². The minimum Gasteiger partial charge on any atom is -0.309 e. The number of hydrogen-bond donors (Lipinski definition) is 0. The SMILES string of the molecule is C=c1c(=Nc2cc3ccccc3cc2C)n2c3ccccc3c3cc(-c4ccc5c(c4)c4ccccc4n5-c4ccccc4)cc1c32. The lowest BCUT2D eigenvalue weighted by Gasteiger charge is -2.08. The Hall–Kier alpha value is -6.19. The van der Waals surface area contributed by atoms with Crippen molar-refractivity contribution < 1.29 is 0 Å². The molecular formula is C44H29N3. The van der Waals surface area contributed by atoms with E-state index in [-0.39, 0.29) is 0 Å². The number of aromatic nitrogens is 2. The van der Waals surface area contributed by atoms with Gasteiger partial charge in [-0.2, -0.15) is 0 Å². The molecule has 0 bridgehead atoms. The summed E-state index contributed by atoms with van der Waals surface area (Å²) in [6.45, 7) is 6.79. The van der Waals surface area contributed by atoms with Crippen LogP contribution in [0, 0.1) is 6.92 Å². The van der Waals surface area contributed by atoms with Gasteiger partial charge in [0.1, 0.15) is 5.49 Å². The Morgan fingerprint density at radius 1 is 0.511 bits per heavy atom. The summed E-state index contributed by atoms with van der Waals surface area (Å²) in [6, 6.07) is 52.5. The Balaban J connectivity index is 1.25. The van der Waals surface area contributed by atoms with Crippen molar-refractivity contribution in [1.82, 2.24) is 8.97 Å². The van der Waals surface area contributed by atoms with Crippen LogP contribution in [0.3, 0.4) is 0 Å². The van der Waals surface area contributed by atoms with Crippen molar-refractivity contribution in [3.8, 4) is 16.8 Å². The molecule has 0 aliphatic heterocycles. The Labute approximate surface area is 270 Å². The average Bonchev–Trinajstić information content (AvgIpc) is 3.72. The van der Waals surface area contributed by atoms with Gasteiger partial charge in [-0.1, -0.05) is 91.5 Å². The number of para-hydroxylation sites is 3. The van der Waals surface area contributed by atoms with E-state index in [1.807, 2.05) is 0 Å². The van der Waals surface area contributed by atoms with Crippen LogP contribution in [0.5, 0.6) is 0 Å². The van der Waals surface area contributed by atoms with Crippen LogP contribution in [0.4, 0.5) is 5.69 Å². The van der Waals surface area contributed by atoms with Gasteiger partial charge < -0.3 is 4.57 Å². The highest BCUT2D eigenvalue weighted by Gasteiger charge is 2.19. The van der Waals surface area contributed by atoms with Gasteiger partial charge >= 0.3 is 0 Å². The number of aryl methyl sites for hydroxylation is 1. The molecule has 220 valence electrons. The van der Waals surface area contributed by atoms with E-state index in [0.29, 0.717) is 0 Å². The van der Waals surface area contributed by atoms with E-state index in [0.717, 1.165) is 32.9 Å². The van der Waals surface area contributed by atoms with E-state index in [9.17, 15) is 0 Å². The fourth-order valence-electron chi connectivity index (χ4n) is 7.67. The quantitative estimate of drug-likeness (QED) is 0.193. The minimum atomic E-state index is 0.892. The molecule has 3 heteroatoms. The Kier molecular flexibility index (Phi) is 5.35. The molecule has 0 atom stereocenters. The number of nitrogens with zero attached hydrogens (tertiary/aromatic N) is 3. The molecule has 10 aromatic rings. The summed E-state index contributed by atoms with van der Waals surface area (Å²) < 4.78 is 4.68. The van der Waals surface area contributed by atoms with Gasteiger partial charge in [0.2, 0.25) is 0 Å². The molecule has 0 saturated carbocycles. The lowest BCUT2D eigenvalue weighted by Crippen LogP contribution is -2.24. The lowest BCUT2D eigenvalue weighted by molar-refractivity contribution is 1.11. The normalized spacial score (nSPS) is 12.6. The first-order valence-corrected chi connectivity index (χ1v) is 16.1. The molecule has 10 rings (SSSR count). The second-order valence-corrected chi connectivity index (χ2v) is 12.6. The molecule has 0 fully saturated rings. The summed E-state index contributed by atoms with van der Waals surface area (Å²) >= 11 is 0. The fraction of sp³-hybridized carbons (Fsp3) is 0.0227. The van der Waals surface area contributed by atoms with Gasteiger partial charge in [0, 0.05) is 37.8 Å². The summed E-state index contributed by atoms with van der Waals surface area (Å²) in [5.41, 5.74) is 11.3. The number of benzene rings is 7. The van der Waals surface area contributed by atoms with Gasteiger partial charge in [-0.15, -0.1) is 0 Å². The van der Waals surface area contributed by atoms with Gasteiger partial charge in [0.05, 0.1) is 27.8 Å². The van der Waals surface area contributed by atoms with Crippen LogP contribution in [0.15, 0.2) is 151 Å². The third-order valence-corrected chi connectivity index (χ3v) is 9.89. The van der Waals surface area contributed by atoms with Crippen LogP contribution in [-0.2, 0) is 0 Å². The summed E-state index contributed by atoms with van der Waals surface area (Å²) in [5, 5.41) is 9.44. The predicted octanol–water partition coefficient (Wildman–Crippen LogP) is 10.3. The van der Waals surface area contributed by atoms with Crippen molar-refractivity contribution in [2.75, 3.05) is 0 Å². The Morgan fingerprint density at radius 3 is 1.94 bits per heavy atom. The first-order valence-electron chi connectivity index (χ1n) is 16.1. The summed E-state index contributed by atoms with van der Waals surface area (Å²) in [7, 11) is 0. The third-order valence-electron chi connectivity index (χ3n) is 9.89. The van der Waals surface area contributed by atoms with E-state index in [2.05, 4.69) is 168 Å². The summed E-state index contributed by atoms with van der Waals surface area (Å²) in [5.74, 6) is 0. The van der Waals surface area contributed by atoms with E-state index < -0.39 is 0 Å². The number of rotatable bonds is 3. The second kappa shape index (κ2) is 9.65. The molecule has 3 aromatic heterocycles. The van der Waals surface area contributed by atoms with Gasteiger partial charge in [-0.05, 0) is 95.1 Å². The number of hydrogen-bond acceptors (Lipinski definition) is 1. The Morgan fingerprint density at radius 2 is 1.13 bits per heavy atom. The van der Waals surface area contributed by atoms with Crippen molar-refractivity contribution in [3.63, 3.8) is 0 Å². The minimum absolute atomic E-state index is 0.892. The average molecular weight is 600 g/mol. The first-order chi connectivity index (χ1) is 23.1. The molecule has 3 heterocycles. The molecule has 3 nitrogen and oxygen atoms in total. The van der Waals surface area contributed by atoms with Gasteiger partial charge in [0.15, 0.2) is 0 Å². The summed E-state index contributed by atoms with van der Waals surface area (Å²) in [4.78, 5) is 5.34. The second-order valence-electron chi connectivity index (χ2n) is 12.6. The maximum Gasteiger partial charge on any atom is 0.145 e. The highest BCUT2D eigenvalue weighted by Crippen LogP contribution is 2.38. The van der Waals surface area contributed by atoms with Crippen molar-refractivity contribution >= 4 is 72.0 Å². The van der Waals surface area contributed by atoms with E-state index >= 15 is 0 Å². The molecule has 0 unspecified atom stereocenters. The van der Waals surface area contributed by atoms with E-state index in [1.54, 1.807) is 0 Å². The van der Waals surface area contributed by atoms with Gasteiger partial charge in [-0.3, -0.25) is 4.40 Å². The fourth-order valence-corrected chi connectivity index (χ4v) is 7.67. The zero-order chi connectivity index (χ0) is 31.2. The molecule has 0 N–H and O–H groups in total. The van der Waals surface area contributed by atoms with Gasteiger partial charge in [0.25, 0.3) is 0 Å². The molecule has 0 aliphatic carbocycles. The topological polar surface area (TPSA) is 21.7 Å². The first kappa shape index (κ1) is 26.1. The molecule has 7 aromatic carbocycles. The molecular weight excluding hydrogens is 571 g/mol. The molecule has 0 radical (unpaired) electrons. The van der Waals surface area contributed by atoms with Crippen LogP contribution in [0.2, 0.25) is 0 Å². The lowest BCUT2D eigenvalue weighted by atomic mass is 9.98. The highest BCUT2D eigenvalue weighted by molar-refractivity contribution is 6.16. The van der Waals surface area contributed by atoms with Crippen LogP contribution in [0.1, 0.15) is 5.56 Å². The Bertz CT molecular complexity index is 2980. The molecule has 0 amide bonds. The number of fused-ring (bicyclic) bond motifs is 7. The third kappa shape index (κ3) is 3.71. The standard InChI is InChI=1S/C44H29N3/c1-27-22-29-12-6-7-13-30(29)26-39(27)45-44-28(2)36-24-32(25-38-35-17-9-11-19-41(35)47(44)43(36)38)31-20-21-42-37(23-31)34-16-8-10-18-40(34)46(42)33-14-4-3-5-15-33/h3-26H,2H2,1H3. The van der Waals surface area contributed by atoms with Crippen molar-refractivity contribution in [2.24, 2.45) is 4.99 Å². The van der Waals surface area contributed by atoms with Crippen molar-refractivity contribution in [1.29, 1.82) is 0 Å². The highest BCUT2D eigenvalue weighted by atomic mass is 15.0. The van der Waals surface area contributed by atoms with E-state index in [1.165, 1.54) is 65.7 Å². The zero-order valence-corrected chi connectivity index (χ0v) is 25.9. The van der Waals surface area contributed by atoms with E-state index in [4.69, 9.17) is 4.99 Å². The molecule has 0 spiro atoms. The van der Waals surface area contributed by atoms with Crippen LogP contribution < -0.4 is 10.7 Å². The van der Waals surface area contributed by atoms with Crippen LogP contribution in [0.25, 0.3) is 83.2 Å². The van der Waals surface area contributed by atoms with Crippen molar-refractivity contribution in [2.45, 2.75) is 6.92 Å². The van der Waals surface area contributed by atoms with Crippen LogP contribution >= 0.6 is 0 Å². The maximum absolute atomic E-state index is 5.34. The monoisotopic (exact) mass is 599 g/mol.